The second-order valence-corrected chi connectivity index (χ2v) is 3.06. The molecule has 0 bridgehead atoms. The molecule has 16 heavy (non-hydrogen) atoms. The highest BCUT2D eigenvalue weighted by atomic mass is 35.5. The average molecular weight is 256 g/mol. The van der Waals surface area contributed by atoms with Crippen molar-refractivity contribution in [3.05, 3.63) is 22.8 Å². The van der Waals surface area contributed by atoms with Crippen LogP contribution in [0.3, 0.4) is 0 Å². The van der Waals surface area contributed by atoms with Crippen LogP contribution in [0.25, 0.3) is 0 Å². The fraction of sp³-hybridized carbons (Fsp3) is 0.250. The van der Waals surface area contributed by atoms with Crippen molar-refractivity contribution in [3.63, 3.8) is 0 Å². The zero-order valence-electron chi connectivity index (χ0n) is 7.58. The maximum absolute atomic E-state index is 11.8. The molecule has 0 radical (unpaired) electrons. The summed E-state index contributed by atoms with van der Waals surface area (Å²) in [6.07, 6.45) is -3.54. The van der Waals surface area contributed by atoms with Crippen molar-refractivity contribution in [2.45, 2.75) is 6.18 Å². The molecule has 4 nitrogen and oxygen atoms in total. The molecule has 0 aliphatic rings. The molecule has 1 N–H and O–H groups in total. The molecule has 0 saturated carbocycles. The van der Waals surface area contributed by atoms with E-state index in [2.05, 4.69) is 9.72 Å². The molecule has 88 valence electrons. The van der Waals surface area contributed by atoms with Gasteiger partial charge >= 0.3 is 12.1 Å². The first-order valence-electron chi connectivity index (χ1n) is 3.88. The summed E-state index contributed by atoms with van der Waals surface area (Å²) in [5.41, 5.74) is -0.367. The van der Waals surface area contributed by atoms with E-state index in [1.54, 1.807) is 0 Å². The van der Waals surface area contributed by atoms with Crippen LogP contribution >= 0.6 is 11.6 Å². The van der Waals surface area contributed by atoms with Gasteiger partial charge in [-0.2, -0.15) is 13.2 Å². The van der Waals surface area contributed by atoms with Gasteiger partial charge in [0.25, 0.3) is 0 Å². The minimum Gasteiger partial charge on any atom is -0.478 e. The molecular formula is C8H5ClF3NO3. The molecular weight excluding hydrogens is 251 g/mol. The first-order chi connectivity index (χ1) is 7.31. The molecule has 0 aromatic carbocycles. The van der Waals surface area contributed by atoms with E-state index in [4.69, 9.17) is 16.7 Å². The highest BCUT2D eigenvalue weighted by Gasteiger charge is 2.29. The smallest absolute Gasteiger partial charge is 0.422 e. The van der Waals surface area contributed by atoms with E-state index in [0.717, 1.165) is 12.3 Å². The molecule has 0 amide bonds. The van der Waals surface area contributed by atoms with Crippen LogP contribution in [0.15, 0.2) is 12.3 Å². The zero-order valence-corrected chi connectivity index (χ0v) is 8.34. The highest BCUT2D eigenvalue weighted by Crippen LogP contribution is 2.27. The Kier molecular flexibility index (Phi) is 3.58. The molecule has 0 fully saturated rings. The number of aromatic nitrogens is 1. The SMILES string of the molecule is O=C(O)c1ccnc(OCC(F)(F)F)c1Cl. The Bertz CT molecular complexity index is 408. The Morgan fingerprint density at radius 2 is 2.19 bits per heavy atom. The van der Waals surface area contributed by atoms with Crippen molar-refractivity contribution in [1.82, 2.24) is 4.98 Å². The van der Waals surface area contributed by atoms with Gasteiger partial charge in [-0.15, -0.1) is 0 Å². The fourth-order valence-corrected chi connectivity index (χ4v) is 1.09. The lowest BCUT2D eigenvalue weighted by Gasteiger charge is -2.10. The first-order valence-corrected chi connectivity index (χ1v) is 4.26. The maximum atomic E-state index is 11.8. The van der Waals surface area contributed by atoms with Gasteiger partial charge in [0, 0.05) is 6.20 Å². The van der Waals surface area contributed by atoms with E-state index in [1.165, 1.54) is 0 Å². The van der Waals surface area contributed by atoms with Gasteiger partial charge in [-0.05, 0) is 6.07 Å². The average Bonchev–Trinajstić information content (AvgIpc) is 2.14. The lowest BCUT2D eigenvalue weighted by Crippen LogP contribution is -2.20. The Labute approximate surface area is 92.6 Å². The number of alkyl halides is 3. The molecule has 0 unspecified atom stereocenters. The fourth-order valence-electron chi connectivity index (χ4n) is 0.841. The Balaban J connectivity index is 2.90. The van der Waals surface area contributed by atoms with Crippen LogP contribution in [0.2, 0.25) is 5.02 Å². The summed E-state index contributed by atoms with van der Waals surface area (Å²) in [6, 6.07) is 1.06. The van der Waals surface area contributed by atoms with Gasteiger partial charge in [0.2, 0.25) is 5.88 Å². The zero-order chi connectivity index (χ0) is 12.3. The number of hydrogen-bond donors (Lipinski definition) is 1. The lowest BCUT2D eigenvalue weighted by molar-refractivity contribution is -0.154. The van der Waals surface area contributed by atoms with Crippen LogP contribution in [0, 0.1) is 0 Å². The summed E-state index contributed by atoms with van der Waals surface area (Å²) < 4.78 is 39.7. The van der Waals surface area contributed by atoms with Crippen molar-refractivity contribution < 1.29 is 27.8 Å². The van der Waals surface area contributed by atoms with Gasteiger partial charge < -0.3 is 9.84 Å². The summed E-state index contributed by atoms with van der Waals surface area (Å²) >= 11 is 5.50. The highest BCUT2D eigenvalue weighted by molar-refractivity contribution is 6.34. The molecule has 0 spiro atoms. The molecule has 0 saturated heterocycles. The van der Waals surface area contributed by atoms with Gasteiger partial charge in [0.15, 0.2) is 6.61 Å². The number of carboxylic acids is 1. The Morgan fingerprint density at radius 3 is 2.69 bits per heavy atom. The molecule has 1 rings (SSSR count). The molecule has 0 aliphatic carbocycles. The molecule has 8 heteroatoms. The van der Waals surface area contributed by atoms with Gasteiger partial charge in [-0.1, -0.05) is 11.6 Å². The molecule has 1 aromatic rings. The van der Waals surface area contributed by atoms with Crippen LogP contribution in [-0.2, 0) is 0 Å². The second kappa shape index (κ2) is 4.56. The largest absolute Gasteiger partial charge is 0.478 e. The minimum atomic E-state index is -4.54. The number of rotatable bonds is 3. The number of carbonyl (C=O) groups is 1. The van der Waals surface area contributed by atoms with E-state index in [0.29, 0.717) is 0 Å². The van der Waals surface area contributed by atoms with Gasteiger partial charge in [-0.25, -0.2) is 9.78 Å². The summed E-state index contributed by atoms with van der Waals surface area (Å²) in [6.45, 7) is -1.58. The Morgan fingerprint density at radius 1 is 1.56 bits per heavy atom. The molecule has 1 aromatic heterocycles. The van der Waals surface area contributed by atoms with E-state index in [-0.39, 0.29) is 5.56 Å². The van der Waals surface area contributed by atoms with Crippen molar-refractivity contribution >= 4 is 17.6 Å². The van der Waals surface area contributed by atoms with Crippen molar-refractivity contribution in [2.75, 3.05) is 6.61 Å². The quantitative estimate of drug-likeness (QED) is 0.901. The normalized spacial score (nSPS) is 11.2. The molecule has 1 heterocycles. The van der Waals surface area contributed by atoms with Crippen LogP contribution in [0.5, 0.6) is 5.88 Å². The lowest BCUT2D eigenvalue weighted by atomic mass is 10.3. The van der Waals surface area contributed by atoms with Crippen molar-refractivity contribution in [3.8, 4) is 5.88 Å². The number of ether oxygens (including phenoxy) is 1. The third kappa shape index (κ3) is 3.27. The third-order valence-corrected chi connectivity index (χ3v) is 1.83. The predicted molar refractivity (Wildman–Crippen MR) is 47.8 cm³/mol. The topological polar surface area (TPSA) is 59.4 Å². The Hall–Kier alpha value is -1.50. The van der Waals surface area contributed by atoms with Gasteiger partial charge in [0.1, 0.15) is 5.02 Å². The standard InChI is InChI=1S/C8H5ClF3NO3/c9-5-4(7(14)15)1-2-13-6(5)16-3-8(10,11)12/h1-2H,3H2,(H,14,15). The molecule has 0 aliphatic heterocycles. The number of pyridine rings is 1. The summed E-state index contributed by atoms with van der Waals surface area (Å²) in [7, 11) is 0. The summed E-state index contributed by atoms with van der Waals surface area (Å²) in [4.78, 5) is 14.0. The number of aromatic carboxylic acids is 1. The van der Waals surface area contributed by atoms with E-state index >= 15 is 0 Å². The second-order valence-electron chi connectivity index (χ2n) is 2.69. The van der Waals surface area contributed by atoms with Gasteiger partial charge in [0.05, 0.1) is 5.56 Å². The van der Waals surface area contributed by atoms with E-state index in [1.807, 2.05) is 0 Å². The van der Waals surface area contributed by atoms with Gasteiger partial charge in [-0.3, -0.25) is 0 Å². The van der Waals surface area contributed by atoms with Crippen LogP contribution in [0.1, 0.15) is 10.4 Å². The molecule has 0 atom stereocenters. The first kappa shape index (κ1) is 12.6. The van der Waals surface area contributed by atoms with Crippen LogP contribution in [0.4, 0.5) is 13.2 Å². The maximum Gasteiger partial charge on any atom is 0.422 e. The monoisotopic (exact) mass is 255 g/mol. The number of hydrogen-bond acceptors (Lipinski definition) is 3. The van der Waals surface area contributed by atoms with Crippen LogP contribution in [-0.4, -0.2) is 28.8 Å². The predicted octanol–water partition coefficient (Wildman–Crippen LogP) is 2.37. The van der Waals surface area contributed by atoms with Crippen molar-refractivity contribution in [1.29, 1.82) is 0 Å². The van der Waals surface area contributed by atoms with E-state index in [9.17, 15) is 18.0 Å². The number of nitrogens with zero attached hydrogens (tertiary/aromatic N) is 1. The van der Waals surface area contributed by atoms with Crippen LogP contribution < -0.4 is 4.74 Å². The van der Waals surface area contributed by atoms with E-state index < -0.39 is 29.7 Å². The summed E-state index contributed by atoms with van der Waals surface area (Å²) in [5.74, 6) is -1.93. The third-order valence-electron chi connectivity index (χ3n) is 1.46. The minimum absolute atomic E-state index is 0.367. The number of carboxylic acid groups (broad SMARTS) is 1. The van der Waals surface area contributed by atoms with Crippen molar-refractivity contribution in [2.24, 2.45) is 0 Å². The number of halogens is 4. The summed E-state index contributed by atoms with van der Waals surface area (Å²) in [5, 5.41) is 8.17.